The molecule has 4 nitrogen and oxygen atoms in total. The van der Waals surface area contributed by atoms with Gasteiger partial charge in [0.2, 0.25) is 0 Å². The summed E-state index contributed by atoms with van der Waals surface area (Å²) in [7, 11) is 0. The fourth-order valence-corrected chi connectivity index (χ4v) is 3.18. The first-order valence-electron chi connectivity index (χ1n) is 7.77. The van der Waals surface area contributed by atoms with Gasteiger partial charge in [-0.3, -0.25) is 9.80 Å². The normalized spacial score (nSPS) is 29.8. The van der Waals surface area contributed by atoms with Gasteiger partial charge in [0.15, 0.2) is 0 Å². The third-order valence-electron chi connectivity index (χ3n) is 4.24. The highest BCUT2D eigenvalue weighted by molar-refractivity contribution is 4.90. The Morgan fingerprint density at radius 2 is 2.11 bits per heavy atom. The Morgan fingerprint density at radius 1 is 1.32 bits per heavy atom. The van der Waals surface area contributed by atoms with Gasteiger partial charge in [0, 0.05) is 51.4 Å². The van der Waals surface area contributed by atoms with Crippen LogP contribution in [0, 0.1) is 5.92 Å². The maximum atomic E-state index is 5.98. The molecule has 0 aromatic rings. The molecule has 0 bridgehead atoms. The molecule has 0 amide bonds. The van der Waals surface area contributed by atoms with E-state index in [-0.39, 0.29) is 5.54 Å². The third kappa shape index (κ3) is 4.42. The van der Waals surface area contributed by atoms with Crippen molar-refractivity contribution < 1.29 is 4.74 Å². The van der Waals surface area contributed by atoms with Crippen molar-refractivity contribution in [2.24, 2.45) is 5.92 Å². The first-order valence-corrected chi connectivity index (χ1v) is 7.77. The summed E-state index contributed by atoms with van der Waals surface area (Å²) in [4.78, 5) is 5.15. The summed E-state index contributed by atoms with van der Waals surface area (Å²) in [5.41, 5.74) is 0.252. The standard InChI is InChI=1S/C15H31N3O/c1-13(2)9-17-7-8-19-14(10-17)11-18-6-5-16-12-15(18,3)4/h13-14,16H,5-12H2,1-4H3. The van der Waals surface area contributed by atoms with Gasteiger partial charge in [0.25, 0.3) is 0 Å². The molecule has 112 valence electrons. The molecule has 0 radical (unpaired) electrons. The van der Waals surface area contributed by atoms with E-state index in [2.05, 4.69) is 42.8 Å². The van der Waals surface area contributed by atoms with Crippen LogP contribution < -0.4 is 5.32 Å². The lowest BCUT2D eigenvalue weighted by molar-refractivity contribution is -0.0621. The van der Waals surface area contributed by atoms with Crippen LogP contribution in [-0.4, -0.2) is 73.9 Å². The van der Waals surface area contributed by atoms with Crippen molar-refractivity contribution in [1.82, 2.24) is 15.1 Å². The van der Waals surface area contributed by atoms with Gasteiger partial charge in [-0.05, 0) is 19.8 Å². The second kappa shape index (κ2) is 6.53. The largest absolute Gasteiger partial charge is 0.374 e. The maximum absolute atomic E-state index is 5.98. The fraction of sp³-hybridized carbons (Fsp3) is 1.00. The van der Waals surface area contributed by atoms with Crippen molar-refractivity contribution in [1.29, 1.82) is 0 Å². The van der Waals surface area contributed by atoms with E-state index in [0.29, 0.717) is 6.10 Å². The smallest absolute Gasteiger partial charge is 0.0829 e. The highest BCUT2D eigenvalue weighted by Gasteiger charge is 2.32. The molecule has 0 aliphatic carbocycles. The van der Waals surface area contributed by atoms with Gasteiger partial charge < -0.3 is 10.1 Å². The molecule has 2 fully saturated rings. The molecule has 2 heterocycles. The third-order valence-corrected chi connectivity index (χ3v) is 4.24. The van der Waals surface area contributed by atoms with Gasteiger partial charge in [-0.15, -0.1) is 0 Å². The number of hydrogen-bond acceptors (Lipinski definition) is 4. The number of piperazine rings is 1. The summed E-state index contributed by atoms with van der Waals surface area (Å²) in [6.07, 6.45) is 0.380. The zero-order valence-corrected chi connectivity index (χ0v) is 13.1. The lowest BCUT2D eigenvalue weighted by Crippen LogP contribution is -2.61. The summed E-state index contributed by atoms with van der Waals surface area (Å²) >= 11 is 0. The fourth-order valence-electron chi connectivity index (χ4n) is 3.18. The van der Waals surface area contributed by atoms with E-state index >= 15 is 0 Å². The SMILES string of the molecule is CC(C)CN1CCOC(CN2CCNCC2(C)C)C1. The number of hydrogen-bond donors (Lipinski definition) is 1. The number of rotatable bonds is 4. The molecule has 1 N–H and O–H groups in total. The molecule has 19 heavy (non-hydrogen) atoms. The van der Waals surface area contributed by atoms with Crippen LogP contribution in [0.2, 0.25) is 0 Å². The predicted molar refractivity (Wildman–Crippen MR) is 79.5 cm³/mol. The molecule has 0 aromatic carbocycles. The first kappa shape index (κ1) is 15.2. The Balaban J connectivity index is 1.84. The van der Waals surface area contributed by atoms with E-state index in [0.717, 1.165) is 51.8 Å². The van der Waals surface area contributed by atoms with E-state index in [9.17, 15) is 0 Å². The molecular formula is C15H31N3O. The van der Waals surface area contributed by atoms with E-state index in [1.165, 1.54) is 6.54 Å². The number of morpholine rings is 1. The average molecular weight is 269 g/mol. The number of ether oxygens (including phenoxy) is 1. The van der Waals surface area contributed by atoms with Crippen molar-refractivity contribution in [3.8, 4) is 0 Å². The lowest BCUT2D eigenvalue weighted by atomic mass is 9.99. The topological polar surface area (TPSA) is 27.7 Å². The van der Waals surface area contributed by atoms with Crippen LogP contribution in [0.4, 0.5) is 0 Å². The highest BCUT2D eigenvalue weighted by Crippen LogP contribution is 2.18. The molecule has 0 spiro atoms. The molecule has 2 aliphatic heterocycles. The minimum absolute atomic E-state index is 0.252. The van der Waals surface area contributed by atoms with Crippen molar-refractivity contribution in [2.45, 2.75) is 39.3 Å². The molecular weight excluding hydrogens is 238 g/mol. The van der Waals surface area contributed by atoms with E-state index in [4.69, 9.17) is 4.74 Å². The van der Waals surface area contributed by atoms with Crippen molar-refractivity contribution >= 4 is 0 Å². The quantitative estimate of drug-likeness (QED) is 0.825. The predicted octanol–water partition coefficient (Wildman–Crippen LogP) is 1.03. The summed E-state index contributed by atoms with van der Waals surface area (Å²) in [6.45, 7) is 17.9. The van der Waals surface area contributed by atoms with Gasteiger partial charge in [-0.2, -0.15) is 0 Å². The van der Waals surface area contributed by atoms with Gasteiger partial charge in [0.05, 0.1) is 12.7 Å². The van der Waals surface area contributed by atoms with Crippen LogP contribution >= 0.6 is 0 Å². The molecule has 0 saturated carbocycles. The first-order chi connectivity index (χ1) is 8.97. The summed E-state index contributed by atoms with van der Waals surface area (Å²) in [6, 6.07) is 0. The maximum Gasteiger partial charge on any atom is 0.0829 e. The number of nitrogens with zero attached hydrogens (tertiary/aromatic N) is 2. The molecule has 2 saturated heterocycles. The van der Waals surface area contributed by atoms with Crippen LogP contribution in [0.5, 0.6) is 0 Å². The van der Waals surface area contributed by atoms with Crippen LogP contribution in [0.15, 0.2) is 0 Å². The number of nitrogens with one attached hydrogen (secondary N) is 1. The molecule has 1 atom stereocenters. The lowest BCUT2D eigenvalue weighted by Gasteiger charge is -2.45. The molecule has 4 heteroatoms. The van der Waals surface area contributed by atoms with Gasteiger partial charge in [0.1, 0.15) is 0 Å². The van der Waals surface area contributed by atoms with Gasteiger partial charge in [-0.1, -0.05) is 13.8 Å². The average Bonchev–Trinajstić information content (AvgIpc) is 2.31. The zero-order valence-electron chi connectivity index (χ0n) is 13.1. The second-order valence-corrected chi connectivity index (χ2v) is 7.08. The van der Waals surface area contributed by atoms with Gasteiger partial charge >= 0.3 is 0 Å². The van der Waals surface area contributed by atoms with Crippen LogP contribution in [-0.2, 0) is 4.74 Å². The van der Waals surface area contributed by atoms with E-state index in [1.54, 1.807) is 0 Å². The Bertz CT molecular complexity index is 281. The Labute approximate surface area is 118 Å². The van der Waals surface area contributed by atoms with Crippen LogP contribution in [0.1, 0.15) is 27.7 Å². The molecule has 0 aromatic heterocycles. The minimum Gasteiger partial charge on any atom is -0.374 e. The second-order valence-electron chi connectivity index (χ2n) is 7.08. The summed E-state index contributed by atoms with van der Waals surface area (Å²) in [5, 5.41) is 3.48. The van der Waals surface area contributed by atoms with E-state index in [1.807, 2.05) is 0 Å². The summed E-state index contributed by atoms with van der Waals surface area (Å²) in [5.74, 6) is 0.745. The Kier molecular flexibility index (Phi) is 5.23. The van der Waals surface area contributed by atoms with Gasteiger partial charge in [-0.25, -0.2) is 0 Å². The monoisotopic (exact) mass is 269 g/mol. The van der Waals surface area contributed by atoms with Crippen molar-refractivity contribution in [3.63, 3.8) is 0 Å². The van der Waals surface area contributed by atoms with E-state index < -0.39 is 0 Å². The minimum atomic E-state index is 0.252. The van der Waals surface area contributed by atoms with Crippen molar-refractivity contribution in [3.05, 3.63) is 0 Å². The molecule has 1 unspecified atom stereocenters. The Hall–Kier alpha value is -0.160. The zero-order chi connectivity index (χ0) is 13.9. The van der Waals surface area contributed by atoms with Crippen LogP contribution in [0.25, 0.3) is 0 Å². The Morgan fingerprint density at radius 3 is 2.79 bits per heavy atom. The van der Waals surface area contributed by atoms with Crippen LogP contribution in [0.3, 0.4) is 0 Å². The highest BCUT2D eigenvalue weighted by atomic mass is 16.5. The molecule has 2 aliphatic rings. The molecule has 2 rings (SSSR count). The summed E-state index contributed by atoms with van der Waals surface area (Å²) < 4.78 is 5.98. The van der Waals surface area contributed by atoms with Crippen molar-refractivity contribution in [2.75, 3.05) is 52.4 Å².